The SMILES string of the molecule is CC(=O)[C@@H]1[C@H](O)[C@H](O)[C@]2(O)[C@H]3CC=C4C[C@@H](O)CC[C@]4(C)[C@@H]3CC[C@]12C. The van der Waals surface area contributed by atoms with Gasteiger partial charge < -0.3 is 20.4 Å². The lowest BCUT2D eigenvalue weighted by Gasteiger charge is -2.61. The van der Waals surface area contributed by atoms with Gasteiger partial charge in [0.15, 0.2) is 0 Å². The third-order valence-electron chi connectivity index (χ3n) is 8.80. The molecular formula is C21H32O5. The second-order valence-corrected chi connectivity index (χ2v) is 9.80. The van der Waals surface area contributed by atoms with Gasteiger partial charge in [0.2, 0.25) is 0 Å². The molecule has 0 saturated heterocycles. The van der Waals surface area contributed by atoms with Gasteiger partial charge in [0.1, 0.15) is 17.5 Å². The highest BCUT2D eigenvalue weighted by atomic mass is 16.4. The first-order valence-electron chi connectivity index (χ1n) is 10.0. The molecule has 26 heavy (non-hydrogen) atoms. The number of fused-ring (bicyclic) bond motifs is 5. The van der Waals surface area contributed by atoms with E-state index in [4.69, 9.17) is 0 Å². The third-order valence-corrected chi connectivity index (χ3v) is 8.80. The number of aliphatic hydroxyl groups is 4. The lowest BCUT2D eigenvalue weighted by Crippen LogP contribution is -2.64. The van der Waals surface area contributed by atoms with E-state index in [0.717, 1.165) is 19.3 Å². The summed E-state index contributed by atoms with van der Waals surface area (Å²) >= 11 is 0. The highest BCUT2D eigenvalue weighted by Crippen LogP contribution is 2.67. The van der Waals surface area contributed by atoms with Gasteiger partial charge in [-0.25, -0.2) is 0 Å². The highest BCUT2D eigenvalue weighted by molar-refractivity contribution is 5.81. The van der Waals surface area contributed by atoms with Crippen molar-refractivity contribution >= 4 is 5.78 Å². The molecule has 3 fully saturated rings. The first-order valence-corrected chi connectivity index (χ1v) is 10.0. The summed E-state index contributed by atoms with van der Waals surface area (Å²) in [6, 6.07) is 0. The van der Waals surface area contributed by atoms with Crippen LogP contribution in [0.2, 0.25) is 0 Å². The van der Waals surface area contributed by atoms with Crippen LogP contribution in [-0.2, 0) is 4.79 Å². The summed E-state index contributed by atoms with van der Waals surface area (Å²) in [7, 11) is 0. The Hall–Kier alpha value is -0.750. The zero-order valence-electron chi connectivity index (χ0n) is 16.0. The minimum Gasteiger partial charge on any atom is -0.393 e. The van der Waals surface area contributed by atoms with Crippen molar-refractivity contribution in [2.24, 2.45) is 28.6 Å². The van der Waals surface area contributed by atoms with Crippen LogP contribution in [0.4, 0.5) is 0 Å². The molecular weight excluding hydrogens is 332 g/mol. The van der Waals surface area contributed by atoms with Crippen molar-refractivity contribution in [2.75, 3.05) is 0 Å². The molecule has 4 aliphatic carbocycles. The Balaban J connectivity index is 1.79. The van der Waals surface area contributed by atoms with Crippen LogP contribution in [0, 0.1) is 28.6 Å². The van der Waals surface area contributed by atoms with Gasteiger partial charge in [-0.05, 0) is 62.7 Å². The van der Waals surface area contributed by atoms with Gasteiger partial charge in [-0.3, -0.25) is 4.79 Å². The average Bonchev–Trinajstić information content (AvgIpc) is 2.73. The molecule has 0 amide bonds. The molecule has 4 N–H and O–H groups in total. The fraction of sp³-hybridized carbons (Fsp3) is 0.857. The van der Waals surface area contributed by atoms with Crippen LogP contribution in [0.1, 0.15) is 59.3 Å². The molecule has 146 valence electrons. The number of allylic oxidation sites excluding steroid dienone is 1. The van der Waals surface area contributed by atoms with Crippen molar-refractivity contribution in [1.82, 2.24) is 0 Å². The Labute approximate surface area is 155 Å². The van der Waals surface area contributed by atoms with Crippen molar-refractivity contribution in [3.8, 4) is 0 Å². The van der Waals surface area contributed by atoms with E-state index in [2.05, 4.69) is 13.0 Å². The van der Waals surface area contributed by atoms with E-state index in [9.17, 15) is 25.2 Å². The van der Waals surface area contributed by atoms with E-state index in [1.54, 1.807) is 0 Å². The molecule has 0 bridgehead atoms. The smallest absolute Gasteiger partial charge is 0.136 e. The summed E-state index contributed by atoms with van der Waals surface area (Å²) in [6.45, 7) is 5.56. The van der Waals surface area contributed by atoms with Crippen LogP contribution in [-0.4, -0.2) is 50.1 Å². The van der Waals surface area contributed by atoms with E-state index in [1.807, 2.05) is 6.92 Å². The van der Waals surface area contributed by atoms with Crippen molar-refractivity contribution in [3.05, 3.63) is 11.6 Å². The maximum atomic E-state index is 12.3. The summed E-state index contributed by atoms with van der Waals surface area (Å²) in [4.78, 5) is 12.3. The Bertz CT molecular complexity index is 659. The monoisotopic (exact) mass is 364 g/mol. The van der Waals surface area contributed by atoms with Crippen molar-refractivity contribution in [3.63, 3.8) is 0 Å². The van der Waals surface area contributed by atoms with Gasteiger partial charge in [-0.15, -0.1) is 0 Å². The first kappa shape index (κ1) is 18.6. The number of hydrogen-bond acceptors (Lipinski definition) is 5. The minimum absolute atomic E-state index is 0.0851. The molecule has 5 heteroatoms. The predicted octanol–water partition coefficient (Wildman–Crippen LogP) is 1.57. The maximum Gasteiger partial charge on any atom is 0.136 e. The van der Waals surface area contributed by atoms with Crippen molar-refractivity contribution < 1.29 is 25.2 Å². The van der Waals surface area contributed by atoms with Crippen LogP contribution < -0.4 is 0 Å². The van der Waals surface area contributed by atoms with Crippen molar-refractivity contribution in [2.45, 2.75) is 83.2 Å². The summed E-state index contributed by atoms with van der Waals surface area (Å²) in [5, 5.41) is 43.4. The zero-order valence-corrected chi connectivity index (χ0v) is 16.0. The van der Waals surface area contributed by atoms with Crippen LogP contribution >= 0.6 is 0 Å². The van der Waals surface area contributed by atoms with Crippen molar-refractivity contribution in [1.29, 1.82) is 0 Å². The number of rotatable bonds is 1. The highest BCUT2D eigenvalue weighted by Gasteiger charge is 2.73. The Kier molecular flexibility index (Phi) is 4.03. The van der Waals surface area contributed by atoms with Gasteiger partial charge in [0.05, 0.1) is 18.1 Å². The van der Waals surface area contributed by atoms with Gasteiger partial charge in [0.25, 0.3) is 0 Å². The van der Waals surface area contributed by atoms with Crippen LogP contribution in [0.15, 0.2) is 11.6 Å². The molecule has 0 radical (unpaired) electrons. The van der Waals surface area contributed by atoms with Crippen LogP contribution in [0.25, 0.3) is 0 Å². The molecule has 0 heterocycles. The van der Waals surface area contributed by atoms with Gasteiger partial charge in [-0.2, -0.15) is 0 Å². The van der Waals surface area contributed by atoms with E-state index in [-0.39, 0.29) is 29.1 Å². The second kappa shape index (κ2) is 5.63. The lowest BCUT2D eigenvalue weighted by atomic mass is 9.45. The average molecular weight is 364 g/mol. The first-order chi connectivity index (χ1) is 12.1. The maximum absolute atomic E-state index is 12.3. The van der Waals surface area contributed by atoms with Gasteiger partial charge in [0, 0.05) is 5.41 Å². The largest absolute Gasteiger partial charge is 0.393 e. The number of hydrogen-bond donors (Lipinski definition) is 4. The molecule has 0 spiro atoms. The third kappa shape index (κ3) is 2.03. The molecule has 3 saturated carbocycles. The van der Waals surface area contributed by atoms with E-state index in [1.165, 1.54) is 12.5 Å². The summed E-state index contributed by atoms with van der Waals surface area (Å²) in [5.74, 6) is -0.873. The number of carbonyl (C=O) groups excluding carboxylic acids is 1. The number of carbonyl (C=O) groups is 1. The zero-order chi connectivity index (χ0) is 19.1. The van der Waals surface area contributed by atoms with E-state index < -0.39 is 29.1 Å². The number of aliphatic hydroxyl groups excluding tert-OH is 3. The van der Waals surface area contributed by atoms with Crippen LogP contribution in [0.3, 0.4) is 0 Å². The molecule has 0 unspecified atom stereocenters. The minimum atomic E-state index is -1.47. The predicted molar refractivity (Wildman–Crippen MR) is 96.1 cm³/mol. The second-order valence-electron chi connectivity index (χ2n) is 9.80. The van der Waals surface area contributed by atoms with E-state index in [0.29, 0.717) is 19.3 Å². The van der Waals surface area contributed by atoms with Crippen LogP contribution in [0.5, 0.6) is 0 Å². The molecule has 0 aromatic carbocycles. The normalized spacial score (nSPS) is 56.2. The number of Topliss-reactive ketones (excluding diaryl/α,β-unsaturated/α-hetero) is 1. The fourth-order valence-corrected chi connectivity index (χ4v) is 7.39. The van der Waals surface area contributed by atoms with E-state index >= 15 is 0 Å². The molecule has 0 aromatic heterocycles. The van der Waals surface area contributed by atoms with Gasteiger partial charge >= 0.3 is 0 Å². The summed E-state index contributed by atoms with van der Waals surface area (Å²) in [6.07, 6.45) is 3.78. The van der Waals surface area contributed by atoms with Gasteiger partial charge in [-0.1, -0.05) is 25.5 Å². The molecule has 4 rings (SSSR count). The lowest BCUT2D eigenvalue weighted by molar-refractivity contribution is -0.215. The topological polar surface area (TPSA) is 98.0 Å². The fourth-order valence-electron chi connectivity index (χ4n) is 7.39. The molecule has 9 atom stereocenters. The summed E-state index contributed by atoms with van der Waals surface area (Å²) < 4.78 is 0. The molecule has 0 aromatic rings. The number of ketones is 1. The Morgan fingerprint density at radius 3 is 2.46 bits per heavy atom. The molecule has 4 aliphatic rings. The molecule has 5 nitrogen and oxygen atoms in total. The molecule has 0 aliphatic heterocycles. The quantitative estimate of drug-likeness (QED) is 0.530. The Morgan fingerprint density at radius 1 is 1.12 bits per heavy atom. The standard InChI is InChI=1S/C21H32O5/c1-11(22)16-17(24)18(25)21(26)15-5-4-12-10-13(23)6-8-19(12,2)14(15)7-9-20(16,21)3/h4,13-18,23-26H,5-10H2,1-3H3/t13-,14+,15-,16+,17-,18-,19-,20+,21+/m0/s1. The Morgan fingerprint density at radius 2 is 1.81 bits per heavy atom. The summed E-state index contributed by atoms with van der Waals surface area (Å²) in [5.41, 5.74) is -1.08.